The van der Waals surface area contributed by atoms with Gasteiger partial charge in [0, 0.05) is 17.5 Å². The fraction of sp³-hybridized carbons (Fsp3) is 0.737. The highest BCUT2D eigenvalue weighted by atomic mass is 32.1. The highest BCUT2D eigenvalue weighted by molar-refractivity contribution is 7.14. The average Bonchev–Trinajstić information content (AvgIpc) is 3.18. The van der Waals surface area contributed by atoms with E-state index in [1.165, 1.54) is 11.3 Å². The van der Waals surface area contributed by atoms with Crippen LogP contribution in [0.3, 0.4) is 0 Å². The van der Waals surface area contributed by atoms with Crippen molar-refractivity contribution < 1.29 is 19.4 Å². The Bertz CT molecular complexity index is 593. The Kier molecular flexibility index (Phi) is 5.71. The van der Waals surface area contributed by atoms with E-state index in [2.05, 4.69) is 26.1 Å². The molecule has 0 spiro atoms. The predicted molar refractivity (Wildman–Crippen MR) is 100.0 cm³/mol. The van der Waals surface area contributed by atoms with E-state index in [0.29, 0.717) is 17.0 Å². The maximum Gasteiger partial charge on any atom is 0.348 e. The Hall–Kier alpha value is -1.11. The van der Waals surface area contributed by atoms with Gasteiger partial charge in [0.1, 0.15) is 4.88 Å². The lowest BCUT2D eigenvalue weighted by Gasteiger charge is -2.31. The second-order valence-electron chi connectivity index (χ2n) is 8.15. The fourth-order valence-electron chi connectivity index (χ4n) is 3.48. The molecule has 0 amide bonds. The molecular weight excluding hydrogens is 338 g/mol. The first-order valence-electron chi connectivity index (χ1n) is 9.20. The van der Waals surface area contributed by atoms with E-state index in [-0.39, 0.29) is 11.5 Å². The smallest absolute Gasteiger partial charge is 0.348 e. The average molecular weight is 368 g/mol. The molecule has 0 unspecified atom stereocenters. The number of anilines is 1. The zero-order valence-electron chi connectivity index (χ0n) is 15.3. The quantitative estimate of drug-likeness (QED) is 0.813. The van der Waals surface area contributed by atoms with E-state index < -0.39 is 5.97 Å². The van der Waals surface area contributed by atoms with Crippen LogP contribution in [0.2, 0.25) is 0 Å². The maximum absolute atomic E-state index is 11.6. The van der Waals surface area contributed by atoms with Gasteiger partial charge in [0.15, 0.2) is 0 Å². The van der Waals surface area contributed by atoms with Gasteiger partial charge in [-0.15, -0.1) is 11.3 Å². The van der Waals surface area contributed by atoms with Crippen LogP contribution in [-0.2, 0) is 14.9 Å². The highest BCUT2D eigenvalue weighted by Gasteiger charge is 2.28. The molecule has 140 valence electrons. The normalized spacial score (nSPS) is 27.4. The number of carboxylic acids is 1. The van der Waals surface area contributed by atoms with E-state index in [4.69, 9.17) is 9.47 Å². The summed E-state index contributed by atoms with van der Waals surface area (Å²) in [5, 5.41) is 13.0. The number of aromatic carboxylic acids is 1. The topological polar surface area (TPSA) is 67.8 Å². The Labute approximate surface area is 153 Å². The first kappa shape index (κ1) is 18.7. The molecule has 1 aliphatic heterocycles. The summed E-state index contributed by atoms with van der Waals surface area (Å²) in [6, 6.07) is 2.34. The van der Waals surface area contributed by atoms with Gasteiger partial charge in [0.2, 0.25) is 0 Å². The van der Waals surface area contributed by atoms with Gasteiger partial charge in [-0.1, -0.05) is 20.8 Å². The molecule has 0 radical (unpaired) electrons. The molecule has 1 aromatic rings. The monoisotopic (exact) mass is 367 g/mol. The SMILES string of the molecule is CC(C)(C)c1cc(N[C@H]2CC[C@H](O[C@H]3CCOC3)CC2)c(C(=O)O)s1. The summed E-state index contributed by atoms with van der Waals surface area (Å²) in [7, 11) is 0. The number of rotatable bonds is 5. The number of hydrogen-bond acceptors (Lipinski definition) is 5. The standard InChI is InChI=1S/C19H29NO4S/c1-19(2,3)16-10-15(17(25-16)18(21)22)20-12-4-6-13(7-5-12)24-14-8-9-23-11-14/h10,12-14,20H,4-9,11H2,1-3H3,(H,21,22)/t12-,13-,14-/m0/s1. The molecule has 0 bridgehead atoms. The minimum atomic E-state index is -0.846. The van der Waals surface area contributed by atoms with Crippen molar-refractivity contribution in [2.24, 2.45) is 0 Å². The van der Waals surface area contributed by atoms with Crippen LogP contribution < -0.4 is 5.32 Å². The zero-order chi connectivity index (χ0) is 18.0. The van der Waals surface area contributed by atoms with Crippen molar-refractivity contribution in [3.8, 4) is 0 Å². The lowest BCUT2D eigenvalue weighted by Crippen LogP contribution is -2.32. The molecule has 2 aliphatic rings. The molecule has 6 heteroatoms. The third-order valence-electron chi connectivity index (χ3n) is 4.97. The highest BCUT2D eigenvalue weighted by Crippen LogP contribution is 2.37. The summed E-state index contributed by atoms with van der Waals surface area (Å²) in [5.41, 5.74) is 0.736. The van der Waals surface area contributed by atoms with E-state index in [0.717, 1.165) is 55.9 Å². The number of thiophene rings is 1. The van der Waals surface area contributed by atoms with Crippen LogP contribution in [0.25, 0.3) is 0 Å². The van der Waals surface area contributed by atoms with E-state index >= 15 is 0 Å². The number of ether oxygens (including phenoxy) is 2. The third kappa shape index (κ3) is 4.74. The van der Waals surface area contributed by atoms with Crippen molar-refractivity contribution in [2.75, 3.05) is 18.5 Å². The van der Waals surface area contributed by atoms with Crippen molar-refractivity contribution in [3.05, 3.63) is 15.8 Å². The van der Waals surface area contributed by atoms with Crippen LogP contribution in [0, 0.1) is 0 Å². The van der Waals surface area contributed by atoms with Gasteiger partial charge >= 0.3 is 5.97 Å². The Balaban J connectivity index is 1.58. The third-order valence-corrected chi connectivity index (χ3v) is 6.52. The summed E-state index contributed by atoms with van der Waals surface area (Å²) in [4.78, 5) is 13.1. The van der Waals surface area contributed by atoms with Crippen LogP contribution in [-0.4, -0.2) is 42.5 Å². The lowest BCUT2D eigenvalue weighted by atomic mass is 9.92. The van der Waals surface area contributed by atoms with Gasteiger partial charge < -0.3 is 19.9 Å². The maximum atomic E-state index is 11.6. The summed E-state index contributed by atoms with van der Waals surface area (Å²) in [6.45, 7) is 7.88. The van der Waals surface area contributed by atoms with Gasteiger partial charge in [0.05, 0.1) is 24.5 Å². The van der Waals surface area contributed by atoms with E-state index in [1.807, 2.05) is 6.07 Å². The van der Waals surface area contributed by atoms with Gasteiger partial charge in [-0.3, -0.25) is 0 Å². The van der Waals surface area contributed by atoms with Crippen molar-refractivity contribution in [2.45, 2.75) is 76.5 Å². The molecule has 0 aromatic carbocycles. The fourth-order valence-corrected chi connectivity index (χ4v) is 4.50. The van der Waals surface area contributed by atoms with Gasteiger partial charge in [0.25, 0.3) is 0 Å². The van der Waals surface area contributed by atoms with Gasteiger partial charge in [-0.05, 0) is 43.6 Å². The minimum Gasteiger partial charge on any atom is -0.477 e. The van der Waals surface area contributed by atoms with Crippen molar-refractivity contribution in [3.63, 3.8) is 0 Å². The van der Waals surface area contributed by atoms with Crippen LogP contribution in [0.5, 0.6) is 0 Å². The molecule has 1 saturated heterocycles. The molecule has 3 rings (SSSR count). The Morgan fingerprint density at radius 2 is 1.96 bits per heavy atom. The minimum absolute atomic E-state index is 0.0380. The molecule has 5 nitrogen and oxygen atoms in total. The summed E-state index contributed by atoms with van der Waals surface area (Å²) in [6.07, 6.45) is 5.65. The zero-order valence-corrected chi connectivity index (χ0v) is 16.2. The Morgan fingerprint density at radius 3 is 2.52 bits per heavy atom. The first-order valence-corrected chi connectivity index (χ1v) is 10.0. The summed E-state index contributed by atoms with van der Waals surface area (Å²) >= 11 is 1.38. The molecule has 2 fully saturated rings. The predicted octanol–water partition coefficient (Wildman–Crippen LogP) is 4.27. The van der Waals surface area contributed by atoms with Gasteiger partial charge in [-0.25, -0.2) is 4.79 Å². The van der Waals surface area contributed by atoms with Crippen LogP contribution >= 0.6 is 11.3 Å². The largest absolute Gasteiger partial charge is 0.477 e. The molecule has 1 atom stereocenters. The molecule has 2 heterocycles. The summed E-state index contributed by atoms with van der Waals surface area (Å²) in [5.74, 6) is -0.846. The van der Waals surface area contributed by atoms with Crippen LogP contribution in [0.4, 0.5) is 5.69 Å². The molecule has 1 saturated carbocycles. The lowest BCUT2D eigenvalue weighted by molar-refractivity contribution is -0.0331. The van der Waals surface area contributed by atoms with Crippen molar-refractivity contribution in [1.29, 1.82) is 0 Å². The van der Waals surface area contributed by atoms with Crippen LogP contribution in [0.15, 0.2) is 6.07 Å². The molecular formula is C19H29NO4S. The first-order chi connectivity index (χ1) is 11.8. The molecule has 1 aromatic heterocycles. The number of carboxylic acid groups (broad SMARTS) is 1. The molecule has 2 N–H and O–H groups in total. The summed E-state index contributed by atoms with van der Waals surface area (Å²) < 4.78 is 11.5. The van der Waals surface area contributed by atoms with Crippen molar-refractivity contribution in [1.82, 2.24) is 0 Å². The number of hydrogen-bond donors (Lipinski definition) is 2. The molecule has 1 aliphatic carbocycles. The van der Waals surface area contributed by atoms with E-state index in [9.17, 15) is 9.90 Å². The Morgan fingerprint density at radius 1 is 1.24 bits per heavy atom. The number of nitrogens with one attached hydrogen (secondary N) is 1. The van der Waals surface area contributed by atoms with Crippen molar-refractivity contribution >= 4 is 23.0 Å². The molecule has 25 heavy (non-hydrogen) atoms. The van der Waals surface area contributed by atoms with E-state index in [1.54, 1.807) is 0 Å². The number of carbonyl (C=O) groups is 1. The van der Waals surface area contributed by atoms with Crippen LogP contribution in [0.1, 0.15) is 67.4 Å². The second kappa shape index (κ2) is 7.64. The second-order valence-corrected chi connectivity index (χ2v) is 9.20. The van der Waals surface area contributed by atoms with Gasteiger partial charge in [-0.2, -0.15) is 0 Å².